The van der Waals surface area contributed by atoms with Gasteiger partial charge in [-0.25, -0.2) is 0 Å². The highest BCUT2D eigenvalue weighted by atomic mass is 16.1. The summed E-state index contributed by atoms with van der Waals surface area (Å²) in [4.78, 5) is 24.4. The molecule has 1 aliphatic rings. The number of hydrogen-bond acceptors (Lipinski definition) is 4. The summed E-state index contributed by atoms with van der Waals surface area (Å²) in [6.45, 7) is 1.84. The van der Waals surface area contributed by atoms with Gasteiger partial charge in [0.25, 0.3) is 5.56 Å². The second kappa shape index (κ2) is 6.19. The highest BCUT2D eigenvalue weighted by Crippen LogP contribution is 2.16. The number of fused-ring (bicyclic) bond motifs is 1. The van der Waals surface area contributed by atoms with Crippen LogP contribution in [0, 0.1) is 0 Å². The van der Waals surface area contributed by atoms with E-state index in [0.29, 0.717) is 5.56 Å². The average molecular weight is 295 g/mol. The van der Waals surface area contributed by atoms with Gasteiger partial charge < -0.3 is 15.1 Å². The summed E-state index contributed by atoms with van der Waals surface area (Å²) in [5.74, 6) is -0.0484. The number of ketones is 1. The van der Waals surface area contributed by atoms with Crippen molar-refractivity contribution < 1.29 is 4.79 Å². The molecule has 0 aliphatic carbocycles. The van der Waals surface area contributed by atoms with E-state index in [2.05, 4.69) is 10.5 Å². The van der Waals surface area contributed by atoms with Gasteiger partial charge >= 0.3 is 0 Å². The molecule has 6 heteroatoms. The molecule has 0 atom stereocenters. The highest BCUT2D eigenvalue weighted by molar-refractivity contribution is 6.15. The number of Topliss-reactive ketones (excluding diaryl/α,β-unsaturated/α-hetero) is 1. The first-order chi connectivity index (χ1) is 10.7. The quantitative estimate of drug-likeness (QED) is 0.630. The number of nitrogens with one attached hydrogen (secondary N) is 2. The molecule has 2 N–H and O–H groups in total. The Labute approximate surface area is 129 Å². The maximum Gasteiger partial charge on any atom is 0.252 e. The topological polar surface area (TPSA) is 63.1 Å². The number of anilines is 1. The van der Waals surface area contributed by atoms with Crippen molar-refractivity contribution in [1.82, 2.24) is 9.88 Å². The molecule has 2 aromatic rings. The maximum absolute atomic E-state index is 12.4. The molecule has 0 amide bonds. The monoisotopic (exact) mass is 295 g/mol. The third-order valence-corrected chi connectivity index (χ3v) is 4.01. The van der Waals surface area contributed by atoms with Gasteiger partial charge in [-0.05, 0) is 36.2 Å². The van der Waals surface area contributed by atoms with Crippen molar-refractivity contribution in [2.24, 2.45) is 0 Å². The molecule has 0 fully saturated rings. The van der Waals surface area contributed by atoms with Gasteiger partial charge in [0, 0.05) is 30.1 Å². The van der Waals surface area contributed by atoms with Gasteiger partial charge in [0.2, 0.25) is 7.98 Å². The van der Waals surface area contributed by atoms with Crippen LogP contribution in [0.4, 0.5) is 5.69 Å². The van der Waals surface area contributed by atoms with Crippen molar-refractivity contribution in [1.29, 1.82) is 0 Å². The molecular formula is C16H18BN3O2. The predicted octanol–water partition coefficient (Wildman–Crippen LogP) is 0.337. The Morgan fingerprint density at radius 1 is 1.27 bits per heavy atom. The number of hydrogen-bond donors (Lipinski definition) is 2. The molecule has 2 heterocycles. The number of carbonyl (C=O) groups excluding carboxylic acids is 1. The van der Waals surface area contributed by atoms with Crippen LogP contribution in [-0.4, -0.2) is 24.9 Å². The minimum atomic E-state index is -0.181. The maximum atomic E-state index is 12.4. The number of pyridine rings is 1. The zero-order valence-corrected chi connectivity index (χ0v) is 12.6. The molecule has 22 heavy (non-hydrogen) atoms. The van der Waals surface area contributed by atoms with Crippen LogP contribution in [0.1, 0.15) is 21.5 Å². The fraction of sp³-hybridized carbons (Fsp3) is 0.250. The largest absolute Gasteiger partial charge is 0.434 e. The van der Waals surface area contributed by atoms with Crippen LogP contribution < -0.4 is 16.1 Å². The lowest BCUT2D eigenvalue weighted by atomic mass is 9.97. The van der Waals surface area contributed by atoms with Crippen LogP contribution in [0.2, 0.25) is 0 Å². The van der Waals surface area contributed by atoms with Gasteiger partial charge in [0.15, 0.2) is 5.78 Å². The summed E-state index contributed by atoms with van der Waals surface area (Å²) < 4.78 is 1.43. The van der Waals surface area contributed by atoms with Gasteiger partial charge in [-0.1, -0.05) is 12.1 Å². The minimum Gasteiger partial charge on any atom is -0.434 e. The van der Waals surface area contributed by atoms with Gasteiger partial charge in [-0.15, -0.1) is 0 Å². The molecule has 0 radical (unpaired) electrons. The first kappa shape index (κ1) is 14.6. The van der Waals surface area contributed by atoms with Crippen LogP contribution in [0.25, 0.3) is 0 Å². The van der Waals surface area contributed by atoms with E-state index in [-0.39, 0.29) is 17.9 Å². The summed E-state index contributed by atoms with van der Waals surface area (Å²) in [7, 11) is 1.76. The predicted molar refractivity (Wildman–Crippen MR) is 89.1 cm³/mol. The zero-order valence-electron chi connectivity index (χ0n) is 12.6. The van der Waals surface area contributed by atoms with E-state index >= 15 is 0 Å². The lowest BCUT2D eigenvalue weighted by molar-refractivity contribution is 0.0970. The molecule has 1 aliphatic heterocycles. The van der Waals surface area contributed by atoms with E-state index in [1.165, 1.54) is 21.8 Å². The smallest absolute Gasteiger partial charge is 0.252 e. The molecule has 0 spiro atoms. The molecule has 3 rings (SSSR count). The highest BCUT2D eigenvalue weighted by Gasteiger charge is 2.13. The van der Waals surface area contributed by atoms with Crippen LogP contribution >= 0.6 is 0 Å². The average Bonchev–Trinajstić information content (AvgIpc) is 2.56. The van der Waals surface area contributed by atoms with E-state index in [1.54, 1.807) is 20.2 Å². The van der Waals surface area contributed by atoms with Crippen molar-refractivity contribution in [3.8, 4) is 0 Å². The second-order valence-corrected chi connectivity index (χ2v) is 5.46. The summed E-state index contributed by atoms with van der Waals surface area (Å²) >= 11 is 0. The van der Waals surface area contributed by atoms with Crippen molar-refractivity contribution >= 4 is 19.5 Å². The normalized spacial score (nSPS) is 13.5. The van der Waals surface area contributed by atoms with Gasteiger partial charge in [0.05, 0.1) is 6.54 Å². The fourth-order valence-corrected chi connectivity index (χ4v) is 2.69. The summed E-state index contributed by atoms with van der Waals surface area (Å²) in [5.41, 5.74) is 3.70. The first-order valence-corrected chi connectivity index (χ1v) is 7.41. The number of aromatic nitrogens is 1. The Kier molecular flexibility index (Phi) is 4.11. The SMILES string of the molecule is BNc1ccn(CC(=O)c2ccc3c(c2)CNCC3)c(=O)c1. The van der Waals surface area contributed by atoms with Crippen LogP contribution in [-0.2, 0) is 19.5 Å². The Balaban J connectivity index is 1.81. The van der Waals surface area contributed by atoms with Crippen molar-refractivity contribution in [2.75, 3.05) is 11.8 Å². The lowest BCUT2D eigenvalue weighted by Crippen LogP contribution is -2.25. The van der Waals surface area contributed by atoms with E-state index < -0.39 is 0 Å². The van der Waals surface area contributed by atoms with E-state index in [1.807, 2.05) is 18.2 Å². The van der Waals surface area contributed by atoms with Crippen molar-refractivity contribution in [3.05, 3.63) is 63.6 Å². The third kappa shape index (κ3) is 2.97. The number of rotatable bonds is 4. The summed E-state index contributed by atoms with van der Waals surface area (Å²) in [6, 6.07) is 9.10. The van der Waals surface area contributed by atoms with E-state index in [4.69, 9.17) is 0 Å². The van der Waals surface area contributed by atoms with Gasteiger partial charge in [-0.2, -0.15) is 0 Å². The van der Waals surface area contributed by atoms with E-state index in [0.717, 1.165) is 25.2 Å². The molecule has 1 aromatic carbocycles. The minimum absolute atomic E-state index is 0.0484. The Hall–Kier alpha value is -2.34. The third-order valence-electron chi connectivity index (χ3n) is 4.01. The van der Waals surface area contributed by atoms with Crippen LogP contribution in [0.5, 0.6) is 0 Å². The zero-order chi connectivity index (χ0) is 15.5. The lowest BCUT2D eigenvalue weighted by Gasteiger charge is -2.17. The molecule has 5 nitrogen and oxygen atoms in total. The number of benzene rings is 1. The standard InChI is InChI=1S/C16H18BN3O2/c17-19-14-4-6-20(16(22)8-14)10-15(21)12-2-1-11-3-5-18-9-13(11)7-12/h1-2,4,6-8,18-19H,3,5,9-10,17H2. The number of carbonyl (C=O) groups is 1. The molecule has 0 unspecified atom stereocenters. The molecule has 0 bridgehead atoms. The molecule has 0 saturated heterocycles. The van der Waals surface area contributed by atoms with Gasteiger partial charge in [-0.3, -0.25) is 9.59 Å². The molecular weight excluding hydrogens is 277 g/mol. The first-order valence-electron chi connectivity index (χ1n) is 7.41. The molecule has 0 saturated carbocycles. The van der Waals surface area contributed by atoms with E-state index in [9.17, 15) is 9.59 Å². The summed E-state index contributed by atoms with van der Waals surface area (Å²) in [6.07, 6.45) is 2.64. The van der Waals surface area contributed by atoms with Crippen molar-refractivity contribution in [2.45, 2.75) is 19.5 Å². The van der Waals surface area contributed by atoms with Crippen LogP contribution in [0.3, 0.4) is 0 Å². The van der Waals surface area contributed by atoms with Crippen molar-refractivity contribution in [3.63, 3.8) is 0 Å². The molecule has 1 aromatic heterocycles. The Morgan fingerprint density at radius 2 is 2.14 bits per heavy atom. The second-order valence-electron chi connectivity index (χ2n) is 5.46. The van der Waals surface area contributed by atoms with Gasteiger partial charge in [0.1, 0.15) is 0 Å². The number of nitrogens with zero attached hydrogens (tertiary/aromatic N) is 1. The fourth-order valence-electron chi connectivity index (χ4n) is 2.69. The Bertz CT molecular complexity index is 770. The Morgan fingerprint density at radius 3 is 2.91 bits per heavy atom. The van der Waals surface area contributed by atoms with Crippen LogP contribution in [0.15, 0.2) is 41.3 Å². The molecule has 112 valence electrons. The summed E-state index contributed by atoms with van der Waals surface area (Å²) in [5, 5.41) is 6.21.